The van der Waals surface area contributed by atoms with E-state index >= 15 is 0 Å². The van der Waals surface area contributed by atoms with Crippen LogP contribution in [0.4, 0.5) is 0 Å². The predicted molar refractivity (Wildman–Crippen MR) is 57.8 cm³/mol. The van der Waals surface area contributed by atoms with Gasteiger partial charge in [-0.1, -0.05) is 40.0 Å². The Balaban J connectivity index is 3.20. The van der Waals surface area contributed by atoms with Crippen LogP contribution in [0.1, 0.15) is 65.7 Å². The van der Waals surface area contributed by atoms with Gasteiger partial charge < -0.3 is 0 Å². The fraction of sp³-hybridized carbons (Fsp3) is 0.917. The predicted octanol–water partition coefficient (Wildman–Crippen LogP) is 3.96. The monoisotopic (exact) mass is 184 g/mol. The molecule has 0 aliphatic heterocycles. The molecule has 78 valence electrons. The number of Topliss-reactive ketones (excluding diaryl/α,β-unsaturated/α-hetero) is 1. The molecule has 13 heavy (non-hydrogen) atoms. The number of rotatable bonds is 8. The zero-order chi connectivity index (χ0) is 10.1. The quantitative estimate of drug-likeness (QED) is 0.522. The highest BCUT2D eigenvalue weighted by atomic mass is 16.1. The highest BCUT2D eigenvalue weighted by Crippen LogP contribution is 2.09. The Kier molecular flexibility index (Phi) is 8.07. The van der Waals surface area contributed by atoms with Gasteiger partial charge in [-0.15, -0.1) is 0 Å². The molecule has 0 aromatic carbocycles. The second-order valence-corrected chi connectivity index (χ2v) is 4.28. The second-order valence-electron chi connectivity index (χ2n) is 4.28. The van der Waals surface area contributed by atoms with Gasteiger partial charge in [0.1, 0.15) is 5.78 Å². The molecule has 0 saturated carbocycles. The lowest BCUT2D eigenvalue weighted by molar-refractivity contribution is -0.119. The Morgan fingerprint density at radius 3 is 2.23 bits per heavy atom. The molecular weight excluding hydrogens is 160 g/mol. The topological polar surface area (TPSA) is 17.1 Å². The molecule has 1 nitrogen and oxygen atoms in total. The number of unbranched alkanes of at least 4 members (excludes halogenated alkanes) is 2. The van der Waals surface area contributed by atoms with Gasteiger partial charge in [0, 0.05) is 12.8 Å². The Hall–Kier alpha value is -0.330. The SMILES string of the molecule is CCCCCC(=O)CCCC(C)C. The van der Waals surface area contributed by atoms with Crippen molar-refractivity contribution >= 4 is 5.78 Å². The highest BCUT2D eigenvalue weighted by molar-refractivity contribution is 5.78. The van der Waals surface area contributed by atoms with Gasteiger partial charge in [0.15, 0.2) is 0 Å². The zero-order valence-electron chi connectivity index (χ0n) is 9.44. The molecule has 0 aliphatic rings. The molecule has 0 unspecified atom stereocenters. The molecule has 0 aliphatic carbocycles. The van der Waals surface area contributed by atoms with E-state index in [4.69, 9.17) is 0 Å². The molecule has 0 fully saturated rings. The number of carbonyl (C=O) groups is 1. The molecule has 0 bridgehead atoms. The number of carbonyl (C=O) groups excluding carboxylic acids is 1. The van der Waals surface area contributed by atoms with Crippen molar-refractivity contribution < 1.29 is 4.79 Å². The molecule has 0 spiro atoms. The minimum absolute atomic E-state index is 0.467. The van der Waals surface area contributed by atoms with Gasteiger partial charge in [-0.3, -0.25) is 4.79 Å². The molecular formula is C12H24O. The van der Waals surface area contributed by atoms with Gasteiger partial charge in [0.25, 0.3) is 0 Å². The maximum atomic E-state index is 11.3. The van der Waals surface area contributed by atoms with Crippen molar-refractivity contribution in [3.63, 3.8) is 0 Å². The second kappa shape index (κ2) is 8.28. The normalized spacial score (nSPS) is 10.8. The fourth-order valence-electron chi connectivity index (χ4n) is 1.40. The van der Waals surface area contributed by atoms with Crippen LogP contribution in [0.3, 0.4) is 0 Å². The van der Waals surface area contributed by atoms with E-state index in [1.54, 1.807) is 0 Å². The van der Waals surface area contributed by atoms with Crippen molar-refractivity contribution in [1.82, 2.24) is 0 Å². The van der Waals surface area contributed by atoms with Crippen molar-refractivity contribution in [1.29, 1.82) is 0 Å². The molecule has 0 aromatic rings. The van der Waals surface area contributed by atoms with Crippen LogP contribution >= 0.6 is 0 Å². The Labute approximate surface area is 82.9 Å². The lowest BCUT2D eigenvalue weighted by Crippen LogP contribution is -1.98. The number of ketones is 1. The summed E-state index contributed by atoms with van der Waals surface area (Å²) in [5.41, 5.74) is 0. The van der Waals surface area contributed by atoms with Gasteiger partial charge in [0.2, 0.25) is 0 Å². The first-order chi connectivity index (χ1) is 6.16. The standard InChI is InChI=1S/C12H24O/c1-4-5-6-9-12(13)10-7-8-11(2)3/h11H,4-10H2,1-3H3. The molecule has 0 atom stereocenters. The van der Waals surface area contributed by atoms with Gasteiger partial charge in [-0.2, -0.15) is 0 Å². The summed E-state index contributed by atoms with van der Waals surface area (Å²) < 4.78 is 0. The third kappa shape index (κ3) is 9.59. The van der Waals surface area contributed by atoms with Gasteiger partial charge in [0.05, 0.1) is 0 Å². The third-order valence-electron chi connectivity index (χ3n) is 2.30. The zero-order valence-corrected chi connectivity index (χ0v) is 9.44. The fourth-order valence-corrected chi connectivity index (χ4v) is 1.40. The average Bonchev–Trinajstić information content (AvgIpc) is 2.04. The van der Waals surface area contributed by atoms with E-state index in [1.165, 1.54) is 19.3 Å². The Morgan fingerprint density at radius 1 is 1.08 bits per heavy atom. The minimum Gasteiger partial charge on any atom is -0.300 e. The first-order valence-corrected chi connectivity index (χ1v) is 5.68. The van der Waals surface area contributed by atoms with Crippen LogP contribution in [0.2, 0.25) is 0 Å². The summed E-state index contributed by atoms with van der Waals surface area (Å²) >= 11 is 0. The smallest absolute Gasteiger partial charge is 0.132 e. The summed E-state index contributed by atoms with van der Waals surface area (Å²) in [4.78, 5) is 11.3. The molecule has 0 heterocycles. The lowest BCUT2D eigenvalue weighted by Gasteiger charge is -2.03. The molecule has 0 saturated heterocycles. The van der Waals surface area contributed by atoms with E-state index in [2.05, 4.69) is 20.8 Å². The van der Waals surface area contributed by atoms with Crippen molar-refractivity contribution in [2.45, 2.75) is 65.7 Å². The van der Waals surface area contributed by atoms with Gasteiger partial charge in [-0.25, -0.2) is 0 Å². The Bertz CT molecular complexity index is 127. The van der Waals surface area contributed by atoms with Crippen LogP contribution in [0.25, 0.3) is 0 Å². The Morgan fingerprint density at radius 2 is 1.69 bits per heavy atom. The molecule has 0 N–H and O–H groups in total. The average molecular weight is 184 g/mol. The van der Waals surface area contributed by atoms with Crippen molar-refractivity contribution in [2.75, 3.05) is 0 Å². The maximum absolute atomic E-state index is 11.3. The summed E-state index contributed by atoms with van der Waals surface area (Å²) in [6.07, 6.45) is 7.40. The summed E-state index contributed by atoms with van der Waals surface area (Å²) in [7, 11) is 0. The van der Waals surface area contributed by atoms with Crippen LogP contribution in [-0.4, -0.2) is 5.78 Å². The molecule has 1 heteroatoms. The van der Waals surface area contributed by atoms with Crippen molar-refractivity contribution in [3.05, 3.63) is 0 Å². The van der Waals surface area contributed by atoms with E-state index in [9.17, 15) is 4.79 Å². The summed E-state index contributed by atoms with van der Waals surface area (Å²) in [6.45, 7) is 6.59. The van der Waals surface area contributed by atoms with Crippen molar-refractivity contribution in [2.24, 2.45) is 5.92 Å². The van der Waals surface area contributed by atoms with E-state index in [0.29, 0.717) is 5.78 Å². The van der Waals surface area contributed by atoms with E-state index in [1.807, 2.05) is 0 Å². The first-order valence-electron chi connectivity index (χ1n) is 5.68. The summed E-state index contributed by atoms with van der Waals surface area (Å²) in [5, 5.41) is 0. The van der Waals surface area contributed by atoms with Gasteiger partial charge in [-0.05, 0) is 18.8 Å². The molecule has 0 aromatic heterocycles. The third-order valence-corrected chi connectivity index (χ3v) is 2.30. The maximum Gasteiger partial charge on any atom is 0.132 e. The molecule has 0 radical (unpaired) electrons. The summed E-state index contributed by atoms with van der Waals surface area (Å²) in [6, 6.07) is 0. The first kappa shape index (κ1) is 12.7. The van der Waals surface area contributed by atoms with Crippen molar-refractivity contribution in [3.8, 4) is 0 Å². The van der Waals surface area contributed by atoms with Crippen LogP contribution in [0.15, 0.2) is 0 Å². The number of hydrogen-bond acceptors (Lipinski definition) is 1. The molecule has 0 rings (SSSR count). The lowest BCUT2D eigenvalue weighted by atomic mass is 10.0. The highest BCUT2D eigenvalue weighted by Gasteiger charge is 2.02. The van der Waals surface area contributed by atoms with Crippen LogP contribution in [0.5, 0.6) is 0 Å². The van der Waals surface area contributed by atoms with Crippen LogP contribution in [-0.2, 0) is 4.79 Å². The largest absolute Gasteiger partial charge is 0.300 e. The summed E-state index contributed by atoms with van der Waals surface area (Å²) in [5.74, 6) is 1.21. The molecule has 0 amide bonds. The van der Waals surface area contributed by atoms with Crippen LogP contribution in [0, 0.1) is 5.92 Å². The number of hydrogen-bond donors (Lipinski definition) is 0. The van der Waals surface area contributed by atoms with E-state index < -0.39 is 0 Å². The van der Waals surface area contributed by atoms with Crippen LogP contribution < -0.4 is 0 Å². The minimum atomic E-state index is 0.467. The van der Waals surface area contributed by atoms with Gasteiger partial charge >= 0.3 is 0 Å². The van der Waals surface area contributed by atoms with E-state index in [0.717, 1.165) is 31.6 Å². The van der Waals surface area contributed by atoms with E-state index in [-0.39, 0.29) is 0 Å².